The van der Waals surface area contributed by atoms with E-state index in [0.29, 0.717) is 15.9 Å². The Morgan fingerprint density at radius 3 is 2.61 bits per heavy atom. The number of methoxy groups -OCH3 is 1. The Hall–Kier alpha value is -3.19. The third-order valence-corrected chi connectivity index (χ3v) is 4.12. The first-order chi connectivity index (χ1) is 13.5. The molecule has 28 heavy (non-hydrogen) atoms. The number of rotatable bonds is 6. The normalized spacial score (nSPS) is 10.5. The van der Waals surface area contributed by atoms with Crippen LogP contribution in [0.1, 0.15) is 16.1 Å². The minimum Gasteiger partial charge on any atom is -0.483 e. The Morgan fingerprint density at radius 2 is 1.89 bits per heavy atom. The van der Waals surface area contributed by atoms with Crippen molar-refractivity contribution in [1.82, 2.24) is 10.3 Å². The highest BCUT2D eigenvalue weighted by atomic mass is 35.5. The number of nitrogens with zero attached hydrogens (tertiary/aromatic N) is 1. The first kappa shape index (κ1) is 19.6. The molecule has 0 aliphatic heterocycles. The summed E-state index contributed by atoms with van der Waals surface area (Å²) in [7, 11) is 1.25. The van der Waals surface area contributed by atoms with Crippen molar-refractivity contribution in [3.8, 4) is 5.75 Å². The number of nitrogens with one attached hydrogen (secondary N) is 1. The van der Waals surface area contributed by atoms with E-state index in [1.165, 1.54) is 25.3 Å². The van der Waals surface area contributed by atoms with Crippen LogP contribution in [-0.2, 0) is 16.1 Å². The Labute approximate surface area is 165 Å². The Balaban J connectivity index is 1.73. The maximum Gasteiger partial charge on any atom is 0.356 e. The molecule has 0 saturated heterocycles. The molecule has 3 aromatic rings. The van der Waals surface area contributed by atoms with Gasteiger partial charge in [-0.2, -0.15) is 0 Å². The number of fused-ring (bicyclic) bond motifs is 1. The van der Waals surface area contributed by atoms with Crippen LogP contribution in [0.2, 0.25) is 5.02 Å². The number of carbonyl (C=O) groups is 2. The fraction of sp³-hybridized carbons (Fsp3) is 0.150. The summed E-state index contributed by atoms with van der Waals surface area (Å²) < 4.78 is 23.2. The van der Waals surface area contributed by atoms with Gasteiger partial charge in [-0.25, -0.2) is 14.2 Å². The van der Waals surface area contributed by atoms with Crippen molar-refractivity contribution in [1.29, 1.82) is 0 Å². The number of hydrogen-bond donors (Lipinski definition) is 1. The maximum absolute atomic E-state index is 12.9. The van der Waals surface area contributed by atoms with E-state index in [1.54, 1.807) is 30.3 Å². The Morgan fingerprint density at radius 1 is 1.14 bits per heavy atom. The van der Waals surface area contributed by atoms with Crippen molar-refractivity contribution in [2.45, 2.75) is 6.54 Å². The van der Waals surface area contributed by atoms with E-state index in [-0.39, 0.29) is 36.3 Å². The number of benzene rings is 2. The largest absolute Gasteiger partial charge is 0.483 e. The van der Waals surface area contributed by atoms with Crippen molar-refractivity contribution < 1.29 is 23.5 Å². The van der Waals surface area contributed by atoms with Crippen LogP contribution in [0, 0.1) is 5.82 Å². The van der Waals surface area contributed by atoms with E-state index in [4.69, 9.17) is 21.1 Å². The van der Waals surface area contributed by atoms with Gasteiger partial charge in [0.1, 0.15) is 11.6 Å². The molecule has 1 heterocycles. The molecule has 144 valence electrons. The molecule has 2 aromatic carbocycles. The fourth-order valence-electron chi connectivity index (χ4n) is 2.49. The van der Waals surface area contributed by atoms with Gasteiger partial charge in [0.25, 0.3) is 5.91 Å². The molecule has 1 N–H and O–H groups in total. The molecular weight excluding hydrogens is 387 g/mol. The van der Waals surface area contributed by atoms with Crippen LogP contribution >= 0.6 is 11.6 Å². The van der Waals surface area contributed by atoms with Crippen LogP contribution in [0.25, 0.3) is 10.9 Å². The van der Waals surface area contributed by atoms with Gasteiger partial charge >= 0.3 is 5.97 Å². The van der Waals surface area contributed by atoms with Gasteiger partial charge in [0, 0.05) is 23.0 Å². The average Bonchev–Trinajstić information content (AvgIpc) is 2.70. The van der Waals surface area contributed by atoms with Gasteiger partial charge in [0.15, 0.2) is 12.3 Å². The highest BCUT2D eigenvalue weighted by Crippen LogP contribution is 2.28. The molecule has 0 unspecified atom stereocenters. The van der Waals surface area contributed by atoms with Crippen molar-refractivity contribution in [2.75, 3.05) is 13.7 Å². The van der Waals surface area contributed by atoms with Gasteiger partial charge < -0.3 is 14.8 Å². The van der Waals surface area contributed by atoms with Gasteiger partial charge in [-0.15, -0.1) is 0 Å². The molecule has 0 saturated carbocycles. The van der Waals surface area contributed by atoms with Crippen molar-refractivity contribution in [3.63, 3.8) is 0 Å². The molecule has 0 aliphatic rings. The minimum atomic E-state index is -0.623. The van der Waals surface area contributed by atoms with Crippen molar-refractivity contribution >= 4 is 34.4 Å². The quantitative estimate of drug-likeness (QED) is 0.638. The minimum absolute atomic E-state index is 0.0547. The van der Waals surface area contributed by atoms with E-state index in [2.05, 4.69) is 10.3 Å². The predicted molar refractivity (Wildman–Crippen MR) is 102 cm³/mol. The standard InChI is InChI=1S/C20H16ClFN2O4/c1-27-20(26)17-9-18(15-8-13(21)4-7-16(15)24-17)28-11-19(25)23-10-12-2-5-14(22)6-3-12/h2-9H,10-11H2,1H3,(H,23,25). The van der Waals surface area contributed by atoms with E-state index >= 15 is 0 Å². The van der Waals surface area contributed by atoms with Crippen LogP contribution < -0.4 is 10.1 Å². The third-order valence-electron chi connectivity index (χ3n) is 3.89. The Kier molecular flexibility index (Phi) is 6.06. The van der Waals surface area contributed by atoms with E-state index in [0.717, 1.165) is 5.56 Å². The van der Waals surface area contributed by atoms with Crippen molar-refractivity contribution in [3.05, 3.63) is 70.6 Å². The highest BCUT2D eigenvalue weighted by Gasteiger charge is 2.15. The summed E-state index contributed by atoms with van der Waals surface area (Å²) in [6.07, 6.45) is 0. The lowest BCUT2D eigenvalue weighted by atomic mass is 10.2. The summed E-state index contributed by atoms with van der Waals surface area (Å²) in [5.74, 6) is -1.06. The second-order valence-corrected chi connectivity index (χ2v) is 6.29. The zero-order valence-corrected chi connectivity index (χ0v) is 15.6. The summed E-state index contributed by atoms with van der Waals surface area (Å²) >= 11 is 6.03. The molecule has 0 bridgehead atoms. The van der Waals surface area contributed by atoms with Crippen LogP contribution in [0.15, 0.2) is 48.5 Å². The molecule has 6 nitrogen and oxygen atoms in total. The van der Waals surface area contributed by atoms with Gasteiger partial charge in [-0.1, -0.05) is 23.7 Å². The SMILES string of the molecule is COC(=O)c1cc(OCC(=O)NCc2ccc(F)cc2)c2cc(Cl)ccc2n1. The number of pyridine rings is 1. The summed E-state index contributed by atoms with van der Waals surface area (Å²) in [6.45, 7) is -0.0494. The summed E-state index contributed by atoms with van der Waals surface area (Å²) in [5, 5.41) is 3.70. The molecule has 3 rings (SSSR count). The maximum atomic E-state index is 12.9. The molecule has 0 atom stereocenters. The monoisotopic (exact) mass is 402 g/mol. The van der Waals surface area contributed by atoms with Crippen LogP contribution in [-0.4, -0.2) is 30.6 Å². The molecule has 0 fully saturated rings. The third kappa shape index (κ3) is 4.75. The molecule has 1 aromatic heterocycles. The van der Waals surface area contributed by atoms with Crippen LogP contribution in [0.3, 0.4) is 0 Å². The second kappa shape index (κ2) is 8.67. The number of amides is 1. The highest BCUT2D eigenvalue weighted by molar-refractivity contribution is 6.31. The number of carbonyl (C=O) groups excluding carboxylic acids is 2. The van der Waals surface area contributed by atoms with Gasteiger partial charge in [-0.3, -0.25) is 4.79 Å². The first-order valence-corrected chi connectivity index (χ1v) is 8.66. The lowest BCUT2D eigenvalue weighted by Crippen LogP contribution is -2.28. The summed E-state index contributed by atoms with van der Waals surface area (Å²) in [6, 6.07) is 12.1. The predicted octanol–water partition coefficient (Wildman–Crippen LogP) is 3.51. The molecule has 1 amide bonds. The average molecular weight is 403 g/mol. The van der Waals surface area contributed by atoms with Crippen LogP contribution in [0.5, 0.6) is 5.75 Å². The number of halogens is 2. The number of esters is 1. The van der Waals surface area contributed by atoms with Crippen molar-refractivity contribution in [2.24, 2.45) is 0 Å². The topological polar surface area (TPSA) is 77.5 Å². The van der Waals surface area contributed by atoms with Gasteiger partial charge in [0.2, 0.25) is 0 Å². The van der Waals surface area contributed by atoms with Crippen LogP contribution in [0.4, 0.5) is 4.39 Å². The Bertz CT molecular complexity index is 1020. The number of aromatic nitrogens is 1. The molecule has 0 radical (unpaired) electrons. The van der Waals surface area contributed by atoms with Gasteiger partial charge in [0.05, 0.1) is 12.6 Å². The molecule has 0 aliphatic carbocycles. The summed E-state index contributed by atoms with van der Waals surface area (Å²) in [5.41, 5.74) is 1.29. The molecule has 0 spiro atoms. The smallest absolute Gasteiger partial charge is 0.356 e. The molecular formula is C20H16ClFN2O4. The second-order valence-electron chi connectivity index (χ2n) is 5.85. The van der Waals surface area contributed by atoms with E-state index in [1.807, 2.05) is 0 Å². The molecule has 8 heteroatoms. The van der Waals surface area contributed by atoms with E-state index < -0.39 is 5.97 Å². The van der Waals surface area contributed by atoms with E-state index in [9.17, 15) is 14.0 Å². The lowest BCUT2D eigenvalue weighted by Gasteiger charge is -2.11. The lowest BCUT2D eigenvalue weighted by molar-refractivity contribution is -0.123. The number of ether oxygens (including phenoxy) is 2. The summed E-state index contributed by atoms with van der Waals surface area (Å²) in [4.78, 5) is 28.1. The van der Waals surface area contributed by atoms with Gasteiger partial charge in [-0.05, 0) is 35.9 Å². The zero-order chi connectivity index (χ0) is 20.1. The zero-order valence-electron chi connectivity index (χ0n) is 14.9. The fourth-order valence-corrected chi connectivity index (χ4v) is 2.66. The first-order valence-electron chi connectivity index (χ1n) is 8.29. The number of hydrogen-bond acceptors (Lipinski definition) is 5.